The number of carbonyl (C=O) groups is 1. The smallest absolute Gasteiger partial charge is 0.274 e. The summed E-state index contributed by atoms with van der Waals surface area (Å²) in [7, 11) is 0. The van der Waals surface area contributed by atoms with Gasteiger partial charge in [-0.25, -0.2) is 5.43 Å². The van der Waals surface area contributed by atoms with E-state index in [4.69, 9.17) is 8.83 Å². The molecule has 0 atom stereocenters. The highest BCUT2D eigenvalue weighted by Gasteiger charge is 2.09. The molecule has 0 aromatic carbocycles. The summed E-state index contributed by atoms with van der Waals surface area (Å²) < 4.78 is 10.3. The van der Waals surface area contributed by atoms with Crippen LogP contribution >= 0.6 is 0 Å². The Morgan fingerprint density at radius 2 is 2.18 bits per heavy atom. The summed E-state index contributed by atoms with van der Waals surface area (Å²) in [6.07, 6.45) is 2.91. The zero-order valence-corrected chi connectivity index (χ0v) is 9.56. The Morgan fingerprint density at radius 3 is 2.76 bits per heavy atom. The van der Waals surface area contributed by atoms with Crippen LogP contribution in [0.5, 0.6) is 0 Å². The van der Waals surface area contributed by atoms with Gasteiger partial charge in [-0.2, -0.15) is 5.10 Å². The molecule has 88 valence electrons. The number of amides is 1. The molecule has 0 aliphatic rings. The average Bonchev–Trinajstić information content (AvgIpc) is 2.87. The number of nitrogens with zero attached hydrogens (tertiary/aromatic N) is 1. The number of rotatable bonds is 3. The predicted molar refractivity (Wildman–Crippen MR) is 62.0 cm³/mol. The Labute approximate surface area is 98.1 Å². The van der Waals surface area contributed by atoms with Crippen molar-refractivity contribution in [2.75, 3.05) is 0 Å². The summed E-state index contributed by atoms with van der Waals surface area (Å²) >= 11 is 0. The zero-order valence-electron chi connectivity index (χ0n) is 9.56. The molecule has 2 heterocycles. The Morgan fingerprint density at radius 1 is 1.35 bits per heavy atom. The van der Waals surface area contributed by atoms with E-state index in [2.05, 4.69) is 10.5 Å². The van der Waals surface area contributed by atoms with Gasteiger partial charge in [-0.15, -0.1) is 0 Å². The van der Waals surface area contributed by atoms with Crippen LogP contribution in [0, 0.1) is 13.8 Å². The molecule has 0 aliphatic heterocycles. The number of aryl methyl sites for hydroxylation is 2. The molecule has 0 saturated heterocycles. The third kappa shape index (κ3) is 2.63. The molecule has 0 aliphatic carbocycles. The van der Waals surface area contributed by atoms with Crippen molar-refractivity contribution in [2.24, 2.45) is 5.10 Å². The molecule has 5 nitrogen and oxygen atoms in total. The van der Waals surface area contributed by atoms with E-state index in [1.807, 2.05) is 13.0 Å². The topological polar surface area (TPSA) is 67.7 Å². The lowest BCUT2D eigenvalue weighted by Crippen LogP contribution is -2.17. The zero-order chi connectivity index (χ0) is 12.3. The summed E-state index contributed by atoms with van der Waals surface area (Å²) in [5.74, 6) is 1.64. The Hall–Kier alpha value is -2.30. The summed E-state index contributed by atoms with van der Waals surface area (Å²) in [4.78, 5) is 11.6. The van der Waals surface area contributed by atoms with Crippen LogP contribution in [0.15, 0.2) is 38.4 Å². The molecule has 0 fully saturated rings. The minimum absolute atomic E-state index is 0.309. The van der Waals surface area contributed by atoms with Gasteiger partial charge in [-0.05, 0) is 32.0 Å². The maximum absolute atomic E-state index is 11.6. The molecule has 2 rings (SSSR count). The molecule has 2 aromatic heterocycles. The van der Waals surface area contributed by atoms with Gasteiger partial charge in [0.25, 0.3) is 5.91 Å². The van der Waals surface area contributed by atoms with Crippen molar-refractivity contribution in [3.8, 4) is 0 Å². The molecule has 0 bridgehead atoms. The van der Waals surface area contributed by atoms with Crippen LogP contribution in [0.25, 0.3) is 0 Å². The molecule has 0 saturated carbocycles. The van der Waals surface area contributed by atoms with Gasteiger partial charge in [-0.1, -0.05) is 0 Å². The molecule has 0 radical (unpaired) electrons. The van der Waals surface area contributed by atoms with Crippen LogP contribution in [-0.4, -0.2) is 12.1 Å². The molecule has 2 aromatic rings. The van der Waals surface area contributed by atoms with Crippen LogP contribution < -0.4 is 5.43 Å². The lowest BCUT2D eigenvalue weighted by molar-refractivity contribution is 0.0953. The van der Waals surface area contributed by atoms with Crippen molar-refractivity contribution in [1.29, 1.82) is 0 Å². The van der Waals surface area contributed by atoms with E-state index in [1.54, 1.807) is 19.1 Å². The number of hydrogen-bond donors (Lipinski definition) is 1. The fourth-order valence-corrected chi connectivity index (χ4v) is 1.36. The lowest BCUT2D eigenvalue weighted by atomic mass is 10.2. The molecule has 1 amide bonds. The van der Waals surface area contributed by atoms with Crippen LogP contribution in [0.1, 0.15) is 27.6 Å². The maximum atomic E-state index is 11.6. The fraction of sp³-hybridized carbons (Fsp3) is 0.167. The van der Waals surface area contributed by atoms with Crippen molar-refractivity contribution in [2.45, 2.75) is 13.8 Å². The van der Waals surface area contributed by atoms with Crippen molar-refractivity contribution in [1.82, 2.24) is 5.43 Å². The first kappa shape index (κ1) is 11.2. The highest BCUT2D eigenvalue weighted by atomic mass is 16.3. The quantitative estimate of drug-likeness (QED) is 0.651. The second-order valence-electron chi connectivity index (χ2n) is 3.54. The van der Waals surface area contributed by atoms with E-state index in [1.165, 1.54) is 12.5 Å². The monoisotopic (exact) mass is 232 g/mol. The van der Waals surface area contributed by atoms with E-state index in [-0.39, 0.29) is 5.91 Å². The van der Waals surface area contributed by atoms with Gasteiger partial charge in [0, 0.05) is 0 Å². The molecule has 17 heavy (non-hydrogen) atoms. The van der Waals surface area contributed by atoms with Crippen LogP contribution in [-0.2, 0) is 0 Å². The van der Waals surface area contributed by atoms with Gasteiger partial charge in [0.15, 0.2) is 0 Å². The second-order valence-corrected chi connectivity index (χ2v) is 3.54. The molecule has 1 N–H and O–H groups in total. The van der Waals surface area contributed by atoms with Gasteiger partial charge < -0.3 is 8.83 Å². The van der Waals surface area contributed by atoms with Crippen LogP contribution in [0.4, 0.5) is 0 Å². The highest BCUT2D eigenvalue weighted by Crippen LogP contribution is 2.08. The van der Waals surface area contributed by atoms with Gasteiger partial charge in [0.1, 0.15) is 17.3 Å². The molecule has 0 unspecified atom stereocenters. The van der Waals surface area contributed by atoms with Crippen molar-refractivity contribution >= 4 is 12.1 Å². The Bertz CT molecular complexity index is 552. The predicted octanol–water partition coefficient (Wildman–Crippen LogP) is 2.25. The first-order valence-corrected chi connectivity index (χ1v) is 5.11. The first-order valence-electron chi connectivity index (χ1n) is 5.11. The van der Waals surface area contributed by atoms with Crippen molar-refractivity contribution in [3.63, 3.8) is 0 Å². The van der Waals surface area contributed by atoms with Gasteiger partial charge >= 0.3 is 0 Å². The Balaban J connectivity index is 1.97. The molecule has 5 heteroatoms. The number of hydrazone groups is 1. The third-order valence-electron chi connectivity index (χ3n) is 2.22. The summed E-state index contributed by atoms with van der Waals surface area (Å²) in [6.45, 7) is 3.55. The second kappa shape index (κ2) is 4.69. The van der Waals surface area contributed by atoms with E-state index in [0.29, 0.717) is 17.1 Å². The minimum atomic E-state index is -0.309. The maximum Gasteiger partial charge on any atom is 0.274 e. The molecular formula is C12H12N2O3. The fourth-order valence-electron chi connectivity index (χ4n) is 1.36. The van der Waals surface area contributed by atoms with Crippen molar-refractivity contribution in [3.05, 3.63) is 47.3 Å². The van der Waals surface area contributed by atoms with Gasteiger partial charge in [-0.3, -0.25) is 4.79 Å². The number of hydrogen-bond acceptors (Lipinski definition) is 4. The van der Waals surface area contributed by atoms with E-state index in [0.717, 1.165) is 5.76 Å². The average molecular weight is 232 g/mol. The number of carbonyl (C=O) groups excluding carboxylic acids is 1. The summed E-state index contributed by atoms with van der Waals surface area (Å²) in [5.41, 5.74) is 2.86. The number of furan rings is 2. The van der Waals surface area contributed by atoms with E-state index in [9.17, 15) is 4.79 Å². The highest BCUT2D eigenvalue weighted by molar-refractivity contribution is 5.95. The SMILES string of the molecule is Cc1ccc(/C=N\NC(=O)c2ccoc2C)o1. The summed E-state index contributed by atoms with van der Waals surface area (Å²) in [5, 5.41) is 3.79. The number of nitrogens with one attached hydrogen (secondary N) is 1. The Kier molecular flexibility index (Phi) is 3.09. The summed E-state index contributed by atoms with van der Waals surface area (Å²) in [6, 6.07) is 5.19. The van der Waals surface area contributed by atoms with Gasteiger partial charge in [0.05, 0.1) is 18.0 Å². The first-order chi connectivity index (χ1) is 8.16. The van der Waals surface area contributed by atoms with E-state index < -0.39 is 0 Å². The lowest BCUT2D eigenvalue weighted by Gasteiger charge is -1.96. The minimum Gasteiger partial charge on any atom is -0.469 e. The van der Waals surface area contributed by atoms with Crippen LogP contribution in [0.2, 0.25) is 0 Å². The normalized spacial score (nSPS) is 10.9. The largest absolute Gasteiger partial charge is 0.469 e. The van der Waals surface area contributed by atoms with Crippen LogP contribution in [0.3, 0.4) is 0 Å². The van der Waals surface area contributed by atoms with E-state index >= 15 is 0 Å². The standard InChI is InChI=1S/C12H12N2O3/c1-8-3-4-10(17-8)7-13-14-12(15)11-5-6-16-9(11)2/h3-7H,1-2H3,(H,14,15)/b13-7-. The third-order valence-corrected chi connectivity index (χ3v) is 2.22. The van der Waals surface area contributed by atoms with Crippen molar-refractivity contribution < 1.29 is 13.6 Å². The van der Waals surface area contributed by atoms with Gasteiger partial charge in [0.2, 0.25) is 0 Å². The molecular weight excluding hydrogens is 220 g/mol. The molecule has 0 spiro atoms.